The first-order valence-electron chi connectivity index (χ1n) is 11.6. The summed E-state index contributed by atoms with van der Waals surface area (Å²) >= 11 is 0. The zero-order valence-electron chi connectivity index (χ0n) is 20.1. The van der Waals surface area contributed by atoms with Gasteiger partial charge in [-0.05, 0) is 50.1 Å². The highest BCUT2D eigenvalue weighted by molar-refractivity contribution is 6.04. The first-order valence-corrected chi connectivity index (χ1v) is 11.6. The summed E-state index contributed by atoms with van der Waals surface area (Å²) in [7, 11) is 0. The second kappa shape index (κ2) is 9.21. The molecule has 0 aliphatic carbocycles. The lowest BCUT2D eigenvalue weighted by atomic mass is 10.1. The number of benzene rings is 1. The van der Waals surface area contributed by atoms with Gasteiger partial charge in [0.1, 0.15) is 23.7 Å². The number of carbonyl (C=O) groups is 2. The minimum Gasteiger partial charge on any atom is -0.383 e. The maximum absolute atomic E-state index is 12.7. The molecule has 2 amide bonds. The van der Waals surface area contributed by atoms with Gasteiger partial charge in [-0.25, -0.2) is 19.6 Å². The van der Waals surface area contributed by atoms with Crippen molar-refractivity contribution < 1.29 is 9.59 Å². The van der Waals surface area contributed by atoms with Crippen LogP contribution >= 0.6 is 0 Å². The number of nitrogens with one attached hydrogen (secondary N) is 1. The Hall–Kier alpha value is -4.60. The normalized spacial score (nSPS) is 15.3. The summed E-state index contributed by atoms with van der Waals surface area (Å²) in [5.74, 6) is 0.500. The third-order valence-corrected chi connectivity index (χ3v) is 6.26. The monoisotopic (exact) mass is 482 g/mol. The summed E-state index contributed by atoms with van der Waals surface area (Å²) in [5.41, 5.74) is 10.3. The Morgan fingerprint density at radius 1 is 1.14 bits per heavy atom. The second-order valence-corrected chi connectivity index (χ2v) is 8.97. The van der Waals surface area contributed by atoms with E-state index < -0.39 is 0 Å². The number of rotatable bonds is 5. The number of carbonyl (C=O) groups excluding carboxylic acids is 2. The van der Waals surface area contributed by atoms with Crippen LogP contribution in [-0.4, -0.2) is 54.5 Å². The Bertz CT molecular complexity index is 1490. The van der Waals surface area contributed by atoms with Gasteiger partial charge in [-0.3, -0.25) is 9.59 Å². The van der Waals surface area contributed by atoms with Crippen LogP contribution in [0.2, 0.25) is 0 Å². The Morgan fingerprint density at radius 3 is 2.64 bits per heavy atom. The summed E-state index contributed by atoms with van der Waals surface area (Å²) in [6.07, 6.45) is 3.81. The number of amides is 2. The van der Waals surface area contributed by atoms with E-state index in [0.29, 0.717) is 52.6 Å². The first kappa shape index (κ1) is 23.2. The first-order chi connectivity index (χ1) is 17.3. The van der Waals surface area contributed by atoms with E-state index in [2.05, 4.69) is 26.8 Å². The van der Waals surface area contributed by atoms with Gasteiger partial charge in [0.05, 0.1) is 11.4 Å². The molecule has 1 fully saturated rings. The molecule has 0 saturated carbocycles. The molecule has 3 aromatic heterocycles. The van der Waals surface area contributed by atoms with Gasteiger partial charge in [-0.1, -0.05) is 18.7 Å². The quantitative estimate of drug-likeness (QED) is 0.417. The summed E-state index contributed by atoms with van der Waals surface area (Å²) < 4.78 is 1.83. The van der Waals surface area contributed by atoms with E-state index in [0.717, 1.165) is 17.5 Å². The molecule has 36 heavy (non-hydrogen) atoms. The van der Waals surface area contributed by atoms with Crippen LogP contribution < -0.4 is 11.1 Å². The molecule has 4 aromatic rings. The fraction of sp³-hybridized carbons (Fsp3) is 0.231. The Balaban J connectivity index is 1.45. The third-order valence-electron chi connectivity index (χ3n) is 6.26. The molecule has 4 heterocycles. The van der Waals surface area contributed by atoms with Gasteiger partial charge in [-0.15, -0.1) is 0 Å². The molecule has 1 aromatic carbocycles. The highest BCUT2D eigenvalue weighted by Gasteiger charge is 2.31. The predicted molar refractivity (Wildman–Crippen MR) is 137 cm³/mol. The number of anilines is 2. The number of hydrogen-bond acceptors (Lipinski definition) is 7. The zero-order chi connectivity index (χ0) is 25.4. The van der Waals surface area contributed by atoms with Crippen molar-refractivity contribution in [2.24, 2.45) is 0 Å². The maximum Gasteiger partial charge on any atom is 0.256 e. The number of likely N-dealkylation sites (tertiary alicyclic amines) is 1. The predicted octanol–water partition coefficient (Wildman–Crippen LogP) is 3.38. The number of nitrogens with two attached hydrogens (primary N) is 1. The van der Waals surface area contributed by atoms with E-state index in [-0.39, 0.29) is 17.9 Å². The molecule has 0 radical (unpaired) electrons. The van der Waals surface area contributed by atoms with Gasteiger partial charge in [0.15, 0.2) is 5.65 Å². The minimum absolute atomic E-state index is 0.0502. The highest BCUT2D eigenvalue weighted by atomic mass is 16.2. The average molecular weight is 483 g/mol. The number of fused-ring (bicyclic) bond motifs is 1. The van der Waals surface area contributed by atoms with E-state index in [1.54, 1.807) is 30.2 Å². The highest BCUT2D eigenvalue weighted by Crippen LogP contribution is 2.34. The molecule has 5 rings (SSSR count). The van der Waals surface area contributed by atoms with Crippen LogP contribution in [0, 0.1) is 6.92 Å². The van der Waals surface area contributed by atoms with Crippen LogP contribution in [-0.2, 0) is 4.79 Å². The average Bonchev–Trinajstić information content (AvgIpc) is 3.49. The number of hydrogen-bond donors (Lipinski definition) is 2. The van der Waals surface area contributed by atoms with Crippen LogP contribution in [0.5, 0.6) is 0 Å². The van der Waals surface area contributed by atoms with Crippen molar-refractivity contribution >= 4 is 34.5 Å². The third kappa shape index (κ3) is 4.28. The fourth-order valence-electron chi connectivity index (χ4n) is 4.42. The Labute approximate surface area is 207 Å². The summed E-state index contributed by atoms with van der Waals surface area (Å²) in [4.78, 5) is 39.7. The van der Waals surface area contributed by atoms with Crippen LogP contribution in [0.3, 0.4) is 0 Å². The standard InChI is InChI=1S/C26H26N8O2/c1-15(2)26(36)33-11-9-19(13-33)34-24-21(23(27)29-14-30-24)22(32-34)17-4-6-18(7-5-17)25(35)31-20-12-16(3)8-10-28-20/h4-8,10,12,14,19H,1,9,11,13H2,2-3H3,(H2,27,29,30)(H,28,31,35). The van der Waals surface area contributed by atoms with Gasteiger partial charge in [-0.2, -0.15) is 5.10 Å². The van der Waals surface area contributed by atoms with Gasteiger partial charge in [0, 0.05) is 36.0 Å². The van der Waals surface area contributed by atoms with Crippen molar-refractivity contribution in [3.63, 3.8) is 0 Å². The topological polar surface area (TPSA) is 132 Å². The molecule has 182 valence electrons. The molecule has 0 spiro atoms. The van der Waals surface area contributed by atoms with E-state index in [1.165, 1.54) is 6.33 Å². The lowest BCUT2D eigenvalue weighted by molar-refractivity contribution is -0.126. The molecule has 1 saturated heterocycles. The molecule has 10 heteroatoms. The van der Waals surface area contributed by atoms with Gasteiger partial charge < -0.3 is 16.0 Å². The molecule has 1 unspecified atom stereocenters. The summed E-state index contributed by atoms with van der Waals surface area (Å²) in [6.45, 7) is 8.55. The smallest absolute Gasteiger partial charge is 0.256 e. The largest absolute Gasteiger partial charge is 0.383 e. The molecular weight excluding hydrogens is 456 g/mol. The van der Waals surface area contributed by atoms with Gasteiger partial charge in [0.2, 0.25) is 5.91 Å². The second-order valence-electron chi connectivity index (χ2n) is 8.97. The van der Waals surface area contributed by atoms with Gasteiger partial charge in [0.25, 0.3) is 5.91 Å². The van der Waals surface area contributed by atoms with E-state index in [1.807, 2.05) is 35.9 Å². The van der Waals surface area contributed by atoms with E-state index >= 15 is 0 Å². The zero-order valence-corrected chi connectivity index (χ0v) is 20.1. The lowest BCUT2D eigenvalue weighted by Gasteiger charge is -2.16. The fourth-order valence-corrected chi connectivity index (χ4v) is 4.42. The van der Waals surface area contributed by atoms with Crippen molar-refractivity contribution in [2.75, 3.05) is 24.1 Å². The summed E-state index contributed by atoms with van der Waals surface area (Å²) in [5, 5.41) is 8.31. The van der Waals surface area contributed by atoms with Crippen LogP contribution in [0.4, 0.5) is 11.6 Å². The summed E-state index contributed by atoms with van der Waals surface area (Å²) in [6, 6.07) is 10.7. The van der Waals surface area contributed by atoms with E-state index in [9.17, 15) is 9.59 Å². The number of aryl methyl sites for hydroxylation is 1. The maximum atomic E-state index is 12.7. The number of pyridine rings is 1. The van der Waals surface area contributed by atoms with Crippen molar-refractivity contribution in [1.82, 2.24) is 29.6 Å². The lowest BCUT2D eigenvalue weighted by Crippen LogP contribution is -2.29. The van der Waals surface area contributed by atoms with Crippen molar-refractivity contribution in [1.29, 1.82) is 0 Å². The minimum atomic E-state index is -0.258. The molecule has 1 aliphatic heterocycles. The molecule has 0 bridgehead atoms. The van der Waals surface area contributed by atoms with Gasteiger partial charge >= 0.3 is 0 Å². The van der Waals surface area contributed by atoms with Crippen LogP contribution in [0.1, 0.15) is 35.3 Å². The number of nitrogens with zero attached hydrogens (tertiary/aromatic N) is 6. The molecule has 1 atom stereocenters. The molecule has 3 N–H and O–H groups in total. The number of nitrogen functional groups attached to an aromatic ring is 1. The number of aromatic nitrogens is 5. The van der Waals surface area contributed by atoms with Crippen LogP contribution in [0.25, 0.3) is 22.3 Å². The van der Waals surface area contributed by atoms with Crippen molar-refractivity contribution in [3.8, 4) is 11.3 Å². The van der Waals surface area contributed by atoms with Crippen molar-refractivity contribution in [3.05, 3.63) is 72.2 Å². The van der Waals surface area contributed by atoms with Crippen molar-refractivity contribution in [2.45, 2.75) is 26.3 Å². The Kier molecular flexibility index (Phi) is 5.93. The molecular formula is C26H26N8O2. The van der Waals surface area contributed by atoms with E-state index in [4.69, 9.17) is 10.8 Å². The van der Waals surface area contributed by atoms with Crippen LogP contribution in [0.15, 0.2) is 61.1 Å². The SMILES string of the molecule is C=C(C)C(=O)N1CCC(n2nc(-c3ccc(C(=O)Nc4cc(C)ccn4)cc3)c3c(N)ncnc32)C1. The molecule has 10 nitrogen and oxygen atoms in total. The Morgan fingerprint density at radius 2 is 1.92 bits per heavy atom. The molecule has 1 aliphatic rings.